The summed E-state index contributed by atoms with van der Waals surface area (Å²) in [6.07, 6.45) is 0. The molecule has 94 valence electrons. The highest BCUT2D eigenvalue weighted by Crippen LogP contribution is 2.10. The van der Waals surface area contributed by atoms with Crippen LogP contribution in [0.5, 0.6) is 0 Å². The van der Waals surface area contributed by atoms with Crippen molar-refractivity contribution in [3.63, 3.8) is 0 Å². The second-order valence-electron chi connectivity index (χ2n) is 4.48. The van der Waals surface area contributed by atoms with Crippen LogP contribution in [0.2, 0.25) is 0 Å². The quantitative estimate of drug-likeness (QED) is 0.813. The molecule has 18 heavy (non-hydrogen) atoms. The number of benzene rings is 1. The Kier molecular flexibility index (Phi) is 3.41. The lowest BCUT2D eigenvalue weighted by Gasteiger charge is -2.06. The molecule has 0 unspecified atom stereocenters. The van der Waals surface area contributed by atoms with Crippen molar-refractivity contribution in [1.29, 1.82) is 0 Å². The Balaban J connectivity index is 2.05. The summed E-state index contributed by atoms with van der Waals surface area (Å²) in [6, 6.07) is 8.37. The summed E-state index contributed by atoms with van der Waals surface area (Å²) in [5.41, 5.74) is 0.530. The first-order chi connectivity index (χ1) is 8.58. The Bertz CT molecular complexity index is 494. The maximum absolute atomic E-state index is 11.8. The van der Waals surface area contributed by atoms with E-state index in [9.17, 15) is 9.59 Å². The van der Waals surface area contributed by atoms with E-state index in [2.05, 4.69) is 15.6 Å². The summed E-state index contributed by atoms with van der Waals surface area (Å²) in [5.74, 6) is -0.115. The fourth-order valence-electron chi connectivity index (χ4n) is 1.71. The molecular weight excluding hydrogens is 230 g/mol. The number of hydrogen-bond acceptors (Lipinski definition) is 3. The zero-order valence-electron chi connectivity index (χ0n) is 10.3. The molecule has 0 spiro atoms. The minimum Gasteiger partial charge on any atom is -0.294 e. The van der Waals surface area contributed by atoms with Gasteiger partial charge in [-0.25, -0.2) is 4.99 Å². The third kappa shape index (κ3) is 2.56. The van der Waals surface area contributed by atoms with Gasteiger partial charge >= 0.3 is 0 Å². The standard InChI is InChI=1S/C13H15N3O2/c1-8(2)10-12(18)16-13(14-10)15-11(17)9-6-4-3-5-7-9/h3-8,10H,1-2H3,(H2,14,15,16,17,18)/t10-/m0/s1. The lowest BCUT2D eigenvalue weighted by Crippen LogP contribution is -2.40. The van der Waals surface area contributed by atoms with Crippen LogP contribution in [0, 0.1) is 5.92 Å². The van der Waals surface area contributed by atoms with Crippen molar-refractivity contribution < 1.29 is 9.59 Å². The van der Waals surface area contributed by atoms with Crippen LogP contribution < -0.4 is 10.6 Å². The first-order valence-corrected chi connectivity index (χ1v) is 5.83. The molecule has 2 amide bonds. The molecule has 2 rings (SSSR count). The van der Waals surface area contributed by atoms with Crippen LogP contribution in [0.1, 0.15) is 24.2 Å². The molecule has 1 aliphatic rings. The molecule has 1 aromatic carbocycles. The van der Waals surface area contributed by atoms with Gasteiger partial charge in [0, 0.05) is 5.56 Å². The van der Waals surface area contributed by atoms with E-state index < -0.39 is 6.04 Å². The number of hydrogen-bond donors (Lipinski definition) is 2. The molecule has 1 atom stereocenters. The van der Waals surface area contributed by atoms with Crippen LogP contribution in [0.25, 0.3) is 0 Å². The summed E-state index contributed by atoms with van der Waals surface area (Å²) in [4.78, 5) is 27.6. The molecule has 0 aromatic heterocycles. The van der Waals surface area contributed by atoms with Crippen LogP contribution >= 0.6 is 0 Å². The van der Waals surface area contributed by atoms with Gasteiger partial charge in [0.15, 0.2) is 0 Å². The smallest absolute Gasteiger partial charge is 0.257 e. The Hall–Kier alpha value is -2.17. The van der Waals surface area contributed by atoms with Crippen LogP contribution in [-0.2, 0) is 4.79 Å². The molecule has 0 bridgehead atoms. The minimum absolute atomic E-state index is 0.108. The fraction of sp³-hybridized carbons (Fsp3) is 0.308. The molecular formula is C13H15N3O2. The summed E-state index contributed by atoms with van der Waals surface area (Å²) in [6.45, 7) is 3.82. The maximum Gasteiger partial charge on any atom is 0.257 e. The Morgan fingerprint density at radius 3 is 2.56 bits per heavy atom. The van der Waals surface area contributed by atoms with E-state index in [1.54, 1.807) is 24.3 Å². The number of carbonyl (C=O) groups is 2. The van der Waals surface area contributed by atoms with Crippen molar-refractivity contribution in [3.05, 3.63) is 35.9 Å². The molecule has 0 fully saturated rings. The zero-order valence-corrected chi connectivity index (χ0v) is 10.3. The topological polar surface area (TPSA) is 70.6 Å². The van der Waals surface area contributed by atoms with Gasteiger partial charge in [-0.2, -0.15) is 0 Å². The lowest BCUT2D eigenvalue weighted by atomic mass is 10.1. The molecule has 5 nitrogen and oxygen atoms in total. The molecule has 5 heteroatoms. The summed E-state index contributed by atoms with van der Waals surface area (Å²) < 4.78 is 0. The van der Waals surface area contributed by atoms with Gasteiger partial charge in [0.2, 0.25) is 5.96 Å². The number of rotatable bonds is 2. The Labute approximate surface area is 105 Å². The van der Waals surface area contributed by atoms with Crippen molar-refractivity contribution in [2.24, 2.45) is 10.9 Å². The Morgan fingerprint density at radius 2 is 2.00 bits per heavy atom. The van der Waals surface area contributed by atoms with E-state index in [1.807, 2.05) is 19.9 Å². The molecule has 1 aliphatic heterocycles. The molecule has 2 N–H and O–H groups in total. The van der Waals surface area contributed by atoms with Gasteiger partial charge in [0.1, 0.15) is 6.04 Å². The average Bonchev–Trinajstić information content (AvgIpc) is 2.71. The predicted molar refractivity (Wildman–Crippen MR) is 68.1 cm³/mol. The normalized spacial score (nSPS) is 18.5. The maximum atomic E-state index is 11.8. The first-order valence-electron chi connectivity index (χ1n) is 5.83. The number of nitrogens with zero attached hydrogens (tertiary/aromatic N) is 1. The molecule has 1 aromatic rings. The van der Waals surface area contributed by atoms with Crippen molar-refractivity contribution in [3.8, 4) is 0 Å². The van der Waals surface area contributed by atoms with Gasteiger partial charge in [-0.05, 0) is 18.1 Å². The number of aliphatic imine (C=N–C) groups is 1. The van der Waals surface area contributed by atoms with Crippen LogP contribution in [0.15, 0.2) is 35.3 Å². The van der Waals surface area contributed by atoms with Crippen molar-refractivity contribution in [2.45, 2.75) is 19.9 Å². The molecule has 0 saturated carbocycles. The average molecular weight is 245 g/mol. The fourth-order valence-corrected chi connectivity index (χ4v) is 1.71. The van der Waals surface area contributed by atoms with Gasteiger partial charge in [-0.1, -0.05) is 32.0 Å². The highest BCUT2D eigenvalue weighted by Gasteiger charge is 2.29. The van der Waals surface area contributed by atoms with Crippen LogP contribution in [-0.4, -0.2) is 23.8 Å². The number of guanidine groups is 1. The molecule has 0 radical (unpaired) electrons. The van der Waals surface area contributed by atoms with Gasteiger partial charge < -0.3 is 0 Å². The monoisotopic (exact) mass is 245 g/mol. The van der Waals surface area contributed by atoms with Gasteiger partial charge in [-0.15, -0.1) is 0 Å². The third-order valence-electron chi connectivity index (χ3n) is 2.68. The van der Waals surface area contributed by atoms with Gasteiger partial charge in [-0.3, -0.25) is 20.2 Å². The van der Waals surface area contributed by atoms with E-state index in [4.69, 9.17) is 0 Å². The molecule has 0 aliphatic carbocycles. The van der Waals surface area contributed by atoms with E-state index in [-0.39, 0.29) is 23.7 Å². The second kappa shape index (κ2) is 5.00. The van der Waals surface area contributed by atoms with Gasteiger partial charge in [0.25, 0.3) is 11.8 Å². The second-order valence-corrected chi connectivity index (χ2v) is 4.48. The van der Waals surface area contributed by atoms with Crippen LogP contribution in [0.4, 0.5) is 0 Å². The number of carbonyl (C=O) groups excluding carboxylic acids is 2. The Morgan fingerprint density at radius 1 is 1.33 bits per heavy atom. The van der Waals surface area contributed by atoms with Crippen molar-refractivity contribution in [1.82, 2.24) is 10.6 Å². The largest absolute Gasteiger partial charge is 0.294 e. The molecule has 1 heterocycles. The lowest BCUT2D eigenvalue weighted by molar-refractivity contribution is -0.120. The van der Waals surface area contributed by atoms with Crippen molar-refractivity contribution in [2.75, 3.05) is 0 Å². The summed E-state index contributed by atoms with van der Waals surface area (Å²) in [5, 5.41) is 5.15. The molecule has 0 saturated heterocycles. The van der Waals surface area contributed by atoms with Crippen molar-refractivity contribution >= 4 is 17.8 Å². The third-order valence-corrected chi connectivity index (χ3v) is 2.68. The highest BCUT2D eigenvalue weighted by atomic mass is 16.2. The van der Waals surface area contributed by atoms with Gasteiger partial charge in [0.05, 0.1) is 0 Å². The SMILES string of the molecule is CC(C)[C@@H]1N=C(NC(=O)c2ccccc2)NC1=O. The van der Waals surface area contributed by atoms with E-state index >= 15 is 0 Å². The van der Waals surface area contributed by atoms with E-state index in [1.165, 1.54) is 0 Å². The van der Waals surface area contributed by atoms with Crippen LogP contribution in [0.3, 0.4) is 0 Å². The first kappa shape index (κ1) is 12.3. The summed E-state index contributed by atoms with van der Waals surface area (Å²) in [7, 11) is 0. The van der Waals surface area contributed by atoms with E-state index in [0.717, 1.165) is 0 Å². The zero-order chi connectivity index (χ0) is 13.1. The van der Waals surface area contributed by atoms with E-state index in [0.29, 0.717) is 5.56 Å². The summed E-state index contributed by atoms with van der Waals surface area (Å²) >= 11 is 0. The number of amides is 2. The highest BCUT2D eigenvalue weighted by molar-refractivity contribution is 6.13. The minimum atomic E-state index is -0.420. The predicted octanol–water partition coefficient (Wildman–Crippen LogP) is 0.927. The number of nitrogens with one attached hydrogen (secondary N) is 2.